The van der Waals surface area contributed by atoms with Crippen molar-refractivity contribution in [2.24, 2.45) is 5.92 Å². The van der Waals surface area contributed by atoms with Crippen molar-refractivity contribution in [3.63, 3.8) is 0 Å². The number of nitrogens with one attached hydrogen (secondary N) is 1. The molecule has 0 bridgehead atoms. The van der Waals surface area contributed by atoms with Crippen molar-refractivity contribution in [1.29, 1.82) is 5.26 Å². The zero-order valence-corrected chi connectivity index (χ0v) is 16.9. The summed E-state index contributed by atoms with van der Waals surface area (Å²) in [5.74, 6) is -0.332. The van der Waals surface area contributed by atoms with Gasteiger partial charge in [-0.2, -0.15) is 9.57 Å². The van der Waals surface area contributed by atoms with Gasteiger partial charge in [-0.25, -0.2) is 8.42 Å². The van der Waals surface area contributed by atoms with Gasteiger partial charge in [0.15, 0.2) is 0 Å². The average Bonchev–Trinajstić information content (AvgIpc) is 3.22. The third-order valence-corrected chi connectivity index (χ3v) is 7.71. The maximum absolute atomic E-state index is 13.0. The maximum atomic E-state index is 13.0. The first kappa shape index (κ1) is 19.6. The molecule has 2 aromatic rings. The van der Waals surface area contributed by atoms with E-state index in [4.69, 9.17) is 5.26 Å². The monoisotopic (exact) mass is 409 g/mol. The first-order chi connectivity index (χ1) is 14.0. The van der Waals surface area contributed by atoms with Crippen LogP contribution in [0.25, 0.3) is 0 Å². The van der Waals surface area contributed by atoms with Gasteiger partial charge >= 0.3 is 0 Å². The normalized spacial score (nSPS) is 17.5. The zero-order valence-electron chi connectivity index (χ0n) is 16.1. The molecule has 4 rings (SSSR count). The summed E-state index contributed by atoms with van der Waals surface area (Å²) in [5.41, 5.74) is 3.57. The van der Waals surface area contributed by atoms with Crippen LogP contribution in [0.2, 0.25) is 0 Å². The highest BCUT2D eigenvalue weighted by molar-refractivity contribution is 7.89. The molecule has 2 aliphatic rings. The third-order valence-electron chi connectivity index (χ3n) is 5.81. The van der Waals surface area contributed by atoms with Crippen LogP contribution in [-0.2, 0) is 27.7 Å². The summed E-state index contributed by atoms with van der Waals surface area (Å²) in [5, 5.41) is 11.7. The molecule has 1 heterocycles. The summed E-state index contributed by atoms with van der Waals surface area (Å²) in [7, 11) is -3.53. The standard InChI is InChI=1S/C22H23N3O3S/c23-15-16-4-7-20(8-5-16)24-22(26)18-10-12-25(13-11-18)29(27,28)21-9-6-17-2-1-3-19(17)14-21/h4-9,14,18H,1-3,10-13H2,(H,24,26). The van der Waals surface area contributed by atoms with Gasteiger partial charge in [-0.1, -0.05) is 6.07 Å². The van der Waals surface area contributed by atoms with E-state index in [2.05, 4.69) is 5.32 Å². The van der Waals surface area contributed by atoms with E-state index >= 15 is 0 Å². The van der Waals surface area contributed by atoms with Gasteiger partial charge in [0.25, 0.3) is 0 Å². The highest BCUT2D eigenvalue weighted by Crippen LogP contribution is 2.29. The Bertz CT molecular complexity index is 1060. The first-order valence-corrected chi connectivity index (χ1v) is 11.3. The van der Waals surface area contributed by atoms with Crippen molar-refractivity contribution in [2.45, 2.75) is 37.0 Å². The van der Waals surface area contributed by atoms with Crippen LogP contribution in [-0.4, -0.2) is 31.7 Å². The van der Waals surface area contributed by atoms with E-state index in [1.54, 1.807) is 30.3 Å². The molecule has 0 unspecified atom stereocenters. The van der Waals surface area contributed by atoms with Gasteiger partial charge in [0, 0.05) is 24.7 Å². The number of nitrogens with zero attached hydrogens (tertiary/aromatic N) is 2. The SMILES string of the molecule is N#Cc1ccc(NC(=O)C2CCN(S(=O)(=O)c3ccc4c(c3)CCC4)CC2)cc1. The Hall–Kier alpha value is -2.69. The molecule has 1 saturated heterocycles. The van der Waals surface area contributed by atoms with Crippen LogP contribution in [0.1, 0.15) is 36.0 Å². The second-order valence-electron chi connectivity index (χ2n) is 7.64. The Morgan fingerprint density at radius 2 is 1.72 bits per heavy atom. The lowest BCUT2D eigenvalue weighted by Crippen LogP contribution is -2.41. The van der Waals surface area contributed by atoms with Crippen LogP contribution in [0.3, 0.4) is 0 Å². The lowest BCUT2D eigenvalue weighted by atomic mass is 9.97. The molecule has 7 heteroatoms. The van der Waals surface area contributed by atoms with Crippen LogP contribution in [0.15, 0.2) is 47.4 Å². The van der Waals surface area contributed by atoms with E-state index in [0.717, 1.165) is 24.8 Å². The quantitative estimate of drug-likeness (QED) is 0.840. The number of carbonyl (C=O) groups is 1. The minimum Gasteiger partial charge on any atom is -0.326 e. The molecule has 150 valence electrons. The van der Waals surface area contributed by atoms with Gasteiger partial charge < -0.3 is 5.32 Å². The number of rotatable bonds is 4. The summed E-state index contributed by atoms with van der Waals surface area (Å²) in [6.07, 6.45) is 4.03. The number of amides is 1. The number of anilines is 1. The Labute approximate surface area is 171 Å². The molecule has 6 nitrogen and oxygen atoms in total. The molecule has 1 fully saturated rings. The number of aryl methyl sites for hydroxylation is 2. The Morgan fingerprint density at radius 1 is 1.03 bits per heavy atom. The lowest BCUT2D eigenvalue weighted by molar-refractivity contribution is -0.120. The van der Waals surface area contributed by atoms with Crippen LogP contribution in [0.5, 0.6) is 0 Å². The second kappa shape index (κ2) is 7.97. The molecular weight excluding hydrogens is 386 g/mol. The maximum Gasteiger partial charge on any atom is 0.243 e. The van der Waals surface area contributed by atoms with Crippen molar-refractivity contribution < 1.29 is 13.2 Å². The predicted molar refractivity (Wildman–Crippen MR) is 110 cm³/mol. The number of hydrogen-bond acceptors (Lipinski definition) is 4. The third kappa shape index (κ3) is 4.04. The van der Waals surface area contributed by atoms with E-state index in [1.807, 2.05) is 18.2 Å². The lowest BCUT2D eigenvalue weighted by Gasteiger charge is -2.30. The number of nitriles is 1. The predicted octanol–water partition coefficient (Wildman–Crippen LogP) is 3.09. The molecule has 1 amide bonds. The van der Waals surface area contributed by atoms with Crippen molar-refractivity contribution in [3.05, 3.63) is 59.2 Å². The molecule has 1 N–H and O–H groups in total. The summed E-state index contributed by atoms with van der Waals surface area (Å²) in [4.78, 5) is 12.9. The Kier molecular flexibility index (Phi) is 5.39. The van der Waals surface area contributed by atoms with Gasteiger partial charge in [0.2, 0.25) is 15.9 Å². The number of carbonyl (C=O) groups excluding carboxylic acids is 1. The van der Waals surface area contributed by atoms with E-state index in [-0.39, 0.29) is 11.8 Å². The van der Waals surface area contributed by atoms with Gasteiger partial charge in [0.05, 0.1) is 16.5 Å². The van der Waals surface area contributed by atoms with E-state index in [9.17, 15) is 13.2 Å². The first-order valence-electron chi connectivity index (χ1n) is 9.90. The fourth-order valence-corrected chi connectivity index (χ4v) is 5.61. The highest BCUT2D eigenvalue weighted by atomic mass is 32.2. The van der Waals surface area contributed by atoms with E-state index in [0.29, 0.717) is 42.1 Å². The average molecular weight is 410 g/mol. The van der Waals surface area contributed by atoms with Crippen LogP contribution in [0.4, 0.5) is 5.69 Å². The summed E-state index contributed by atoms with van der Waals surface area (Å²) >= 11 is 0. The molecule has 29 heavy (non-hydrogen) atoms. The molecule has 0 saturated carbocycles. The fraction of sp³-hybridized carbons (Fsp3) is 0.364. The fourth-order valence-electron chi connectivity index (χ4n) is 4.09. The van der Waals surface area contributed by atoms with Gasteiger partial charge in [-0.15, -0.1) is 0 Å². The van der Waals surface area contributed by atoms with Gasteiger partial charge in [0.1, 0.15) is 0 Å². The Balaban J connectivity index is 1.38. The Morgan fingerprint density at radius 3 is 2.41 bits per heavy atom. The zero-order chi connectivity index (χ0) is 20.4. The molecule has 0 spiro atoms. The minimum atomic E-state index is -3.53. The molecule has 0 aromatic heterocycles. The van der Waals surface area contributed by atoms with Crippen molar-refractivity contribution >= 4 is 21.6 Å². The molecule has 0 atom stereocenters. The number of benzene rings is 2. The van der Waals surface area contributed by atoms with Crippen LogP contribution < -0.4 is 5.32 Å². The second-order valence-corrected chi connectivity index (χ2v) is 9.58. The van der Waals surface area contributed by atoms with Crippen molar-refractivity contribution in [1.82, 2.24) is 4.31 Å². The van der Waals surface area contributed by atoms with E-state index < -0.39 is 10.0 Å². The number of piperidine rings is 1. The smallest absolute Gasteiger partial charge is 0.243 e. The van der Waals surface area contributed by atoms with Gasteiger partial charge in [-0.3, -0.25) is 4.79 Å². The number of sulfonamides is 1. The van der Waals surface area contributed by atoms with Crippen molar-refractivity contribution in [3.8, 4) is 6.07 Å². The molecule has 1 aliphatic heterocycles. The molecular formula is C22H23N3O3S. The van der Waals surface area contributed by atoms with Gasteiger partial charge in [-0.05, 0) is 79.6 Å². The summed E-state index contributed by atoms with van der Waals surface area (Å²) < 4.78 is 27.5. The largest absolute Gasteiger partial charge is 0.326 e. The molecule has 2 aromatic carbocycles. The molecule has 1 aliphatic carbocycles. The van der Waals surface area contributed by atoms with Crippen molar-refractivity contribution in [2.75, 3.05) is 18.4 Å². The van der Waals surface area contributed by atoms with Crippen LogP contribution >= 0.6 is 0 Å². The summed E-state index contributed by atoms with van der Waals surface area (Å²) in [6.45, 7) is 0.676. The highest BCUT2D eigenvalue weighted by Gasteiger charge is 2.32. The minimum absolute atomic E-state index is 0.107. The topological polar surface area (TPSA) is 90.3 Å². The number of fused-ring (bicyclic) bond motifs is 1. The summed E-state index contributed by atoms with van der Waals surface area (Å²) in [6, 6.07) is 14.2. The van der Waals surface area contributed by atoms with Crippen LogP contribution in [0, 0.1) is 17.2 Å². The van der Waals surface area contributed by atoms with E-state index in [1.165, 1.54) is 9.87 Å². The molecule has 0 radical (unpaired) electrons. The number of hydrogen-bond donors (Lipinski definition) is 1.